The number of nitrogens with zero attached hydrogens (tertiary/aromatic N) is 1. The molecule has 0 aliphatic heterocycles. The fourth-order valence-corrected chi connectivity index (χ4v) is 3.95. The van der Waals surface area contributed by atoms with Gasteiger partial charge in [0.15, 0.2) is 0 Å². The van der Waals surface area contributed by atoms with Crippen LogP contribution < -0.4 is 0 Å². The summed E-state index contributed by atoms with van der Waals surface area (Å²) in [6.45, 7) is 12.9. The van der Waals surface area contributed by atoms with Crippen molar-refractivity contribution >= 4 is 0 Å². The van der Waals surface area contributed by atoms with E-state index in [4.69, 9.17) is 4.74 Å². The number of benzene rings is 1. The number of rotatable bonds is 8. The molecule has 0 heterocycles. The molecule has 2 rings (SSSR count). The first-order chi connectivity index (χ1) is 12.3. The smallest absolute Gasteiger partial charge is 0.120 e. The standard InChI is InChI=1S/C23H35NO2/c1-16(2)20-9-8-17(3)12-21(20)23-18(4)13-19(14-22(23)25)15-26-11-7-10-24(5)6/h12-14,20-21,25H,1,7-11,15H2,2-6H3/t20-,21+/m0/s1. The van der Waals surface area contributed by atoms with Crippen LogP contribution in [0.2, 0.25) is 0 Å². The second-order valence-corrected chi connectivity index (χ2v) is 8.09. The highest BCUT2D eigenvalue weighted by atomic mass is 16.5. The number of hydrogen-bond acceptors (Lipinski definition) is 3. The summed E-state index contributed by atoms with van der Waals surface area (Å²) < 4.78 is 5.78. The van der Waals surface area contributed by atoms with Crippen molar-refractivity contribution in [1.82, 2.24) is 4.90 Å². The molecular formula is C23H35NO2. The number of hydrogen-bond donors (Lipinski definition) is 1. The Morgan fingerprint density at radius 1 is 1.31 bits per heavy atom. The molecule has 1 aromatic rings. The van der Waals surface area contributed by atoms with Gasteiger partial charge in [0.05, 0.1) is 6.61 Å². The fraction of sp³-hybridized carbons (Fsp3) is 0.565. The molecule has 0 amide bonds. The zero-order valence-corrected chi connectivity index (χ0v) is 17.1. The molecule has 0 radical (unpaired) electrons. The van der Waals surface area contributed by atoms with Gasteiger partial charge in [-0.15, -0.1) is 0 Å². The molecule has 144 valence electrons. The van der Waals surface area contributed by atoms with E-state index in [2.05, 4.69) is 58.5 Å². The van der Waals surface area contributed by atoms with Crippen LogP contribution in [0.3, 0.4) is 0 Å². The normalized spacial score (nSPS) is 20.3. The molecule has 0 unspecified atom stereocenters. The van der Waals surface area contributed by atoms with Crippen molar-refractivity contribution in [2.45, 2.75) is 52.6 Å². The summed E-state index contributed by atoms with van der Waals surface area (Å²) in [5.74, 6) is 1.01. The Bertz CT molecular complexity index is 637. The van der Waals surface area contributed by atoms with E-state index < -0.39 is 0 Å². The molecule has 1 N–H and O–H groups in total. The molecule has 3 nitrogen and oxygen atoms in total. The lowest BCUT2D eigenvalue weighted by Crippen LogP contribution is -2.18. The average Bonchev–Trinajstić information content (AvgIpc) is 2.53. The van der Waals surface area contributed by atoms with Gasteiger partial charge in [0.2, 0.25) is 0 Å². The van der Waals surface area contributed by atoms with E-state index in [0.29, 0.717) is 18.3 Å². The van der Waals surface area contributed by atoms with Gasteiger partial charge in [-0.1, -0.05) is 29.9 Å². The molecule has 26 heavy (non-hydrogen) atoms. The topological polar surface area (TPSA) is 32.7 Å². The Kier molecular flexibility index (Phi) is 7.48. The van der Waals surface area contributed by atoms with E-state index in [0.717, 1.165) is 49.1 Å². The van der Waals surface area contributed by atoms with Crippen LogP contribution in [-0.2, 0) is 11.3 Å². The second-order valence-electron chi connectivity index (χ2n) is 8.09. The molecule has 0 bridgehead atoms. The van der Waals surface area contributed by atoms with Gasteiger partial charge in [-0.3, -0.25) is 0 Å². The van der Waals surface area contributed by atoms with E-state index in [1.54, 1.807) is 0 Å². The zero-order valence-electron chi connectivity index (χ0n) is 17.1. The number of allylic oxidation sites excluding steroid dienone is 3. The lowest BCUT2D eigenvalue weighted by Gasteiger charge is -2.32. The molecule has 2 atom stereocenters. The number of ether oxygens (including phenoxy) is 1. The van der Waals surface area contributed by atoms with Crippen LogP contribution in [0.25, 0.3) is 0 Å². The fourth-order valence-electron chi connectivity index (χ4n) is 3.95. The Morgan fingerprint density at radius 3 is 2.65 bits per heavy atom. The Labute approximate surface area is 159 Å². The summed E-state index contributed by atoms with van der Waals surface area (Å²) in [5.41, 5.74) is 5.83. The molecule has 1 aromatic carbocycles. The molecule has 0 saturated heterocycles. The van der Waals surface area contributed by atoms with E-state index in [9.17, 15) is 5.11 Å². The van der Waals surface area contributed by atoms with E-state index in [1.807, 2.05) is 6.07 Å². The highest BCUT2D eigenvalue weighted by molar-refractivity contribution is 5.48. The number of phenolic OH excluding ortho intramolecular Hbond substituents is 1. The molecular weight excluding hydrogens is 322 g/mol. The lowest BCUT2D eigenvalue weighted by molar-refractivity contribution is 0.113. The average molecular weight is 358 g/mol. The molecule has 0 spiro atoms. The van der Waals surface area contributed by atoms with Gasteiger partial charge in [-0.05, 0) is 83.8 Å². The number of phenols is 1. The highest BCUT2D eigenvalue weighted by Crippen LogP contribution is 2.44. The third-order valence-electron chi connectivity index (χ3n) is 5.30. The first-order valence-electron chi connectivity index (χ1n) is 9.67. The van der Waals surface area contributed by atoms with Crippen LogP contribution in [-0.4, -0.2) is 37.3 Å². The van der Waals surface area contributed by atoms with Crippen molar-refractivity contribution in [3.63, 3.8) is 0 Å². The van der Waals surface area contributed by atoms with Crippen LogP contribution in [0.5, 0.6) is 5.75 Å². The first kappa shape index (κ1) is 20.7. The van der Waals surface area contributed by atoms with Crippen molar-refractivity contribution in [3.8, 4) is 5.75 Å². The van der Waals surface area contributed by atoms with Crippen LogP contribution in [0.1, 0.15) is 55.7 Å². The monoisotopic (exact) mass is 357 g/mol. The van der Waals surface area contributed by atoms with Crippen molar-refractivity contribution in [3.05, 3.63) is 52.6 Å². The van der Waals surface area contributed by atoms with E-state index in [1.165, 1.54) is 11.1 Å². The molecule has 1 aliphatic rings. The van der Waals surface area contributed by atoms with Crippen LogP contribution in [0.4, 0.5) is 0 Å². The summed E-state index contributed by atoms with van der Waals surface area (Å²) in [6.07, 6.45) is 5.56. The minimum Gasteiger partial charge on any atom is -0.508 e. The van der Waals surface area contributed by atoms with Gasteiger partial charge in [0, 0.05) is 18.1 Å². The third kappa shape index (κ3) is 5.46. The maximum absolute atomic E-state index is 10.8. The van der Waals surface area contributed by atoms with Crippen molar-refractivity contribution < 1.29 is 9.84 Å². The predicted molar refractivity (Wildman–Crippen MR) is 110 cm³/mol. The Balaban J connectivity index is 2.13. The van der Waals surface area contributed by atoms with Crippen LogP contribution in [0, 0.1) is 12.8 Å². The van der Waals surface area contributed by atoms with Crippen molar-refractivity contribution in [2.24, 2.45) is 5.92 Å². The van der Waals surface area contributed by atoms with Gasteiger partial charge in [0.25, 0.3) is 0 Å². The minimum atomic E-state index is 0.219. The third-order valence-corrected chi connectivity index (χ3v) is 5.30. The highest BCUT2D eigenvalue weighted by Gasteiger charge is 2.28. The van der Waals surface area contributed by atoms with Gasteiger partial charge in [0.1, 0.15) is 5.75 Å². The van der Waals surface area contributed by atoms with E-state index >= 15 is 0 Å². The second kappa shape index (κ2) is 9.38. The van der Waals surface area contributed by atoms with Crippen molar-refractivity contribution in [1.29, 1.82) is 0 Å². The quantitative estimate of drug-likeness (QED) is 0.514. The number of aromatic hydroxyl groups is 1. The maximum atomic E-state index is 10.8. The van der Waals surface area contributed by atoms with E-state index in [-0.39, 0.29) is 5.92 Å². The Morgan fingerprint density at radius 2 is 2.04 bits per heavy atom. The molecule has 0 aromatic heterocycles. The van der Waals surface area contributed by atoms with Gasteiger partial charge >= 0.3 is 0 Å². The Hall–Kier alpha value is -1.58. The number of aryl methyl sites for hydroxylation is 1. The van der Waals surface area contributed by atoms with Gasteiger partial charge in [-0.2, -0.15) is 0 Å². The zero-order chi connectivity index (χ0) is 19.3. The minimum absolute atomic E-state index is 0.219. The molecule has 0 fully saturated rings. The maximum Gasteiger partial charge on any atom is 0.120 e. The first-order valence-corrected chi connectivity index (χ1v) is 9.67. The predicted octanol–water partition coefficient (Wildman–Crippen LogP) is 5.18. The van der Waals surface area contributed by atoms with Crippen LogP contribution in [0.15, 0.2) is 35.9 Å². The van der Waals surface area contributed by atoms with Crippen LogP contribution >= 0.6 is 0 Å². The SMILES string of the molecule is C=C(C)[C@@H]1CCC(C)=C[C@H]1c1c(C)cc(COCCCN(C)C)cc1O. The van der Waals surface area contributed by atoms with Crippen molar-refractivity contribution in [2.75, 3.05) is 27.2 Å². The summed E-state index contributed by atoms with van der Waals surface area (Å²) >= 11 is 0. The largest absolute Gasteiger partial charge is 0.508 e. The lowest BCUT2D eigenvalue weighted by atomic mass is 9.73. The molecule has 0 saturated carbocycles. The van der Waals surface area contributed by atoms with Gasteiger partial charge < -0.3 is 14.7 Å². The summed E-state index contributed by atoms with van der Waals surface area (Å²) in [4.78, 5) is 2.16. The summed E-state index contributed by atoms with van der Waals surface area (Å²) in [7, 11) is 4.14. The van der Waals surface area contributed by atoms with Gasteiger partial charge in [-0.25, -0.2) is 0 Å². The molecule has 1 aliphatic carbocycles. The summed E-state index contributed by atoms with van der Waals surface area (Å²) in [5, 5.41) is 10.8. The summed E-state index contributed by atoms with van der Waals surface area (Å²) in [6, 6.07) is 4.04. The molecule has 3 heteroatoms.